The predicted octanol–water partition coefficient (Wildman–Crippen LogP) is 6.72. The van der Waals surface area contributed by atoms with Gasteiger partial charge in [-0.2, -0.15) is 5.26 Å². The Kier molecular flexibility index (Phi) is 5.26. The zero-order valence-electron chi connectivity index (χ0n) is 13.4. The minimum atomic E-state index is 0.735. The quantitative estimate of drug-likeness (QED) is 0.335. The van der Waals surface area contributed by atoms with Crippen molar-refractivity contribution in [2.75, 3.05) is 0 Å². The molecule has 3 aromatic carbocycles. The molecule has 3 aromatic rings. The Morgan fingerprint density at radius 1 is 0.750 bits per heavy atom. The molecular formula is C21H15I2N. The van der Waals surface area contributed by atoms with E-state index in [1.54, 1.807) is 0 Å². The van der Waals surface area contributed by atoms with Crippen molar-refractivity contribution in [2.45, 2.75) is 13.8 Å². The monoisotopic (exact) mass is 535 g/mol. The highest BCUT2D eigenvalue weighted by Gasteiger charge is 2.09. The molecule has 0 aromatic heterocycles. The summed E-state index contributed by atoms with van der Waals surface area (Å²) in [6, 6.07) is 21.3. The number of hydrogen-bond acceptors (Lipinski definition) is 1. The molecule has 0 spiro atoms. The molecule has 0 bridgehead atoms. The van der Waals surface area contributed by atoms with E-state index in [-0.39, 0.29) is 0 Å². The Bertz CT molecular complexity index is 928. The van der Waals surface area contributed by atoms with Crippen LogP contribution in [0, 0.1) is 32.3 Å². The van der Waals surface area contributed by atoms with E-state index in [0.717, 1.165) is 16.7 Å². The summed E-state index contributed by atoms with van der Waals surface area (Å²) in [5.74, 6) is 0. The van der Waals surface area contributed by atoms with Crippen molar-refractivity contribution in [1.82, 2.24) is 0 Å². The highest BCUT2D eigenvalue weighted by Crippen LogP contribution is 2.33. The second-order valence-corrected chi connectivity index (χ2v) is 8.15. The summed E-state index contributed by atoms with van der Waals surface area (Å²) < 4.78 is 2.55. The first-order chi connectivity index (χ1) is 11.5. The van der Waals surface area contributed by atoms with E-state index in [1.807, 2.05) is 19.1 Å². The molecule has 0 aliphatic rings. The van der Waals surface area contributed by atoms with Crippen molar-refractivity contribution < 1.29 is 0 Å². The smallest absolute Gasteiger partial charge is 0.0994 e. The summed E-state index contributed by atoms with van der Waals surface area (Å²) in [5.41, 5.74) is 7.88. The lowest BCUT2D eigenvalue weighted by Crippen LogP contribution is -1.90. The van der Waals surface area contributed by atoms with Gasteiger partial charge in [-0.15, -0.1) is 0 Å². The molecule has 0 N–H and O–H groups in total. The van der Waals surface area contributed by atoms with Crippen LogP contribution in [0.5, 0.6) is 0 Å². The molecule has 1 nitrogen and oxygen atoms in total. The minimum absolute atomic E-state index is 0.735. The molecule has 0 heterocycles. The molecular weight excluding hydrogens is 520 g/mol. The van der Waals surface area contributed by atoms with Gasteiger partial charge < -0.3 is 0 Å². The van der Waals surface area contributed by atoms with Gasteiger partial charge in [0.1, 0.15) is 0 Å². The molecule has 0 unspecified atom stereocenters. The lowest BCUT2D eigenvalue weighted by Gasteiger charge is -2.11. The van der Waals surface area contributed by atoms with Crippen LogP contribution in [0.2, 0.25) is 0 Å². The van der Waals surface area contributed by atoms with Crippen LogP contribution >= 0.6 is 45.2 Å². The van der Waals surface area contributed by atoms with E-state index in [0.29, 0.717) is 0 Å². The van der Waals surface area contributed by atoms with Gasteiger partial charge in [0.2, 0.25) is 0 Å². The number of halogens is 2. The first-order valence-corrected chi connectivity index (χ1v) is 9.72. The lowest BCUT2D eigenvalue weighted by molar-refractivity contribution is 1.39. The van der Waals surface area contributed by atoms with E-state index in [2.05, 4.69) is 101 Å². The summed E-state index contributed by atoms with van der Waals surface area (Å²) >= 11 is 4.82. The summed E-state index contributed by atoms with van der Waals surface area (Å²) in [4.78, 5) is 0. The van der Waals surface area contributed by atoms with Crippen LogP contribution in [-0.4, -0.2) is 0 Å². The normalized spacial score (nSPS) is 10.5. The number of benzene rings is 3. The van der Waals surface area contributed by atoms with E-state index < -0.39 is 0 Å². The van der Waals surface area contributed by atoms with Gasteiger partial charge in [-0.05, 0) is 105 Å². The molecule has 0 amide bonds. The van der Waals surface area contributed by atoms with Crippen molar-refractivity contribution in [2.24, 2.45) is 0 Å². The van der Waals surface area contributed by atoms with Crippen LogP contribution in [0.25, 0.3) is 22.3 Å². The molecule has 24 heavy (non-hydrogen) atoms. The first-order valence-electron chi connectivity index (χ1n) is 7.57. The van der Waals surface area contributed by atoms with E-state index in [9.17, 15) is 0 Å². The Morgan fingerprint density at radius 3 is 1.83 bits per heavy atom. The molecule has 0 radical (unpaired) electrons. The molecule has 0 fully saturated rings. The average molecular weight is 535 g/mol. The van der Waals surface area contributed by atoms with Crippen molar-refractivity contribution in [3.8, 4) is 28.3 Å². The van der Waals surface area contributed by atoms with Crippen molar-refractivity contribution in [1.29, 1.82) is 5.26 Å². The van der Waals surface area contributed by atoms with E-state index in [1.165, 1.54) is 29.4 Å². The van der Waals surface area contributed by atoms with Gasteiger partial charge in [-0.25, -0.2) is 0 Å². The van der Waals surface area contributed by atoms with Crippen molar-refractivity contribution in [3.63, 3.8) is 0 Å². The van der Waals surface area contributed by atoms with Crippen LogP contribution in [0.3, 0.4) is 0 Å². The zero-order valence-corrected chi connectivity index (χ0v) is 17.7. The highest BCUT2D eigenvalue weighted by molar-refractivity contribution is 14.1. The van der Waals surface area contributed by atoms with Crippen LogP contribution in [-0.2, 0) is 0 Å². The maximum absolute atomic E-state index is 9.06. The largest absolute Gasteiger partial charge is 0.192 e. The predicted molar refractivity (Wildman–Crippen MR) is 117 cm³/mol. The molecule has 0 saturated carbocycles. The zero-order chi connectivity index (χ0) is 17.3. The maximum Gasteiger partial charge on any atom is 0.0994 e. The van der Waals surface area contributed by atoms with E-state index >= 15 is 0 Å². The van der Waals surface area contributed by atoms with Crippen molar-refractivity contribution >= 4 is 45.2 Å². The van der Waals surface area contributed by atoms with Gasteiger partial charge in [-0.3, -0.25) is 0 Å². The summed E-state index contributed by atoms with van der Waals surface area (Å²) in [7, 11) is 0. The Hall–Kier alpha value is -1.39. The minimum Gasteiger partial charge on any atom is -0.192 e. The SMILES string of the molecule is Cc1cc(I)c(-c2ccc(-c3ccc(C#N)c(C)c3)cc2)c(I)c1. The molecule has 0 atom stereocenters. The topological polar surface area (TPSA) is 23.8 Å². The lowest BCUT2D eigenvalue weighted by atomic mass is 9.97. The molecule has 0 aliphatic heterocycles. The number of aryl methyl sites for hydroxylation is 2. The fourth-order valence-electron chi connectivity index (χ4n) is 2.77. The molecule has 0 aliphatic carbocycles. The van der Waals surface area contributed by atoms with Crippen molar-refractivity contribution in [3.05, 3.63) is 78.4 Å². The van der Waals surface area contributed by atoms with Gasteiger partial charge in [0.25, 0.3) is 0 Å². The van der Waals surface area contributed by atoms with Gasteiger partial charge in [0.15, 0.2) is 0 Å². The second kappa shape index (κ2) is 7.24. The molecule has 3 rings (SSSR count). The number of nitriles is 1. The van der Waals surface area contributed by atoms with Crippen LogP contribution in [0.4, 0.5) is 0 Å². The highest BCUT2D eigenvalue weighted by atomic mass is 127. The fraction of sp³-hybridized carbons (Fsp3) is 0.0952. The van der Waals surface area contributed by atoms with Gasteiger partial charge >= 0.3 is 0 Å². The second-order valence-electron chi connectivity index (χ2n) is 5.82. The molecule has 0 saturated heterocycles. The first kappa shape index (κ1) is 17.4. The maximum atomic E-state index is 9.06. The standard InChI is InChI=1S/C21H15I2N/c1-13-9-19(22)21(20(23)10-13)16-5-3-15(4-6-16)17-7-8-18(12-24)14(2)11-17/h3-11H,1-2H3. The fourth-order valence-corrected chi connectivity index (χ4v) is 5.48. The third kappa shape index (κ3) is 3.50. The summed E-state index contributed by atoms with van der Waals surface area (Å²) in [6.07, 6.45) is 0. The molecule has 3 heteroatoms. The third-order valence-electron chi connectivity index (χ3n) is 4.04. The summed E-state index contributed by atoms with van der Waals surface area (Å²) in [5, 5.41) is 9.06. The van der Waals surface area contributed by atoms with E-state index in [4.69, 9.17) is 5.26 Å². The van der Waals surface area contributed by atoms with Gasteiger partial charge in [0, 0.05) is 12.7 Å². The molecule has 118 valence electrons. The van der Waals surface area contributed by atoms with Crippen LogP contribution in [0.1, 0.15) is 16.7 Å². The van der Waals surface area contributed by atoms with Gasteiger partial charge in [-0.1, -0.05) is 36.4 Å². The van der Waals surface area contributed by atoms with Crippen LogP contribution in [0.15, 0.2) is 54.6 Å². The van der Waals surface area contributed by atoms with Crippen LogP contribution < -0.4 is 0 Å². The number of rotatable bonds is 2. The Morgan fingerprint density at radius 2 is 1.29 bits per heavy atom. The number of hydrogen-bond donors (Lipinski definition) is 0. The van der Waals surface area contributed by atoms with Gasteiger partial charge in [0.05, 0.1) is 11.6 Å². The average Bonchev–Trinajstić information content (AvgIpc) is 2.54. The third-order valence-corrected chi connectivity index (χ3v) is 5.74. The summed E-state index contributed by atoms with van der Waals surface area (Å²) in [6.45, 7) is 4.11. The number of nitrogens with zero attached hydrogens (tertiary/aromatic N) is 1. The Labute approximate surface area is 170 Å². The Balaban J connectivity index is 2.00.